The molecular weight excluding hydrogens is 218 g/mol. The van der Waals surface area contributed by atoms with Crippen LogP contribution in [0.4, 0.5) is 0 Å². The van der Waals surface area contributed by atoms with Crippen LogP contribution < -0.4 is 5.32 Å². The number of pyridine rings is 1. The number of imidazole rings is 1. The molecule has 0 amide bonds. The fourth-order valence-electron chi connectivity index (χ4n) is 2.02. The van der Waals surface area contributed by atoms with Gasteiger partial charge in [0.05, 0.1) is 11.1 Å². The molecule has 0 bridgehead atoms. The Morgan fingerprint density at radius 2 is 2.44 bits per heavy atom. The second-order valence-electron chi connectivity index (χ2n) is 4.20. The van der Waals surface area contributed by atoms with E-state index in [0.29, 0.717) is 5.37 Å². The Balaban J connectivity index is 1.93. The van der Waals surface area contributed by atoms with Crippen molar-refractivity contribution in [2.24, 2.45) is 0 Å². The summed E-state index contributed by atoms with van der Waals surface area (Å²) in [6.07, 6.45) is 5.41. The maximum absolute atomic E-state index is 4.65. The number of nitrogens with zero attached hydrogens (tertiary/aromatic N) is 2. The van der Waals surface area contributed by atoms with Gasteiger partial charge in [-0.3, -0.25) is 0 Å². The quantitative estimate of drug-likeness (QED) is 0.820. The maximum atomic E-state index is 4.65. The van der Waals surface area contributed by atoms with Crippen molar-refractivity contribution in [3.8, 4) is 0 Å². The van der Waals surface area contributed by atoms with Crippen LogP contribution in [0.5, 0.6) is 0 Å². The molecule has 0 spiro atoms. The Morgan fingerprint density at radius 3 is 3.25 bits per heavy atom. The molecule has 3 heterocycles. The van der Waals surface area contributed by atoms with Gasteiger partial charge >= 0.3 is 0 Å². The van der Waals surface area contributed by atoms with Gasteiger partial charge in [-0.05, 0) is 25.1 Å². The monoisotopic (exact) mass is 233 g/mol. The summed E-state index contributed by atoms with van der Waals surface area (Å²) in [6, 6.07) is 6.10. The van der Waals surface area contributed by atoms with Gasteiger partial charge in [-0.1, -0.05) is 13.0 Å². The third-order valence-corrected chi connectivity index (χ3v) is 4.28. The largest absolute Gasteiger partial charge is 0.307 e. The summed E-state index contributed by atoms with van der Waals surface area (Å²) in [5, 5.41) is 4.58. The van der Waals surface area contributed by atoms with E-state index < -0.39 is 0 Å². The summed E-state index contributed by atoms with van der Waals surface area (Å²) in [7, 11) is 0. The van der Waals surface area contributed by atoms with E-state index in [0.717, 1.165) is 23.1 Å². The lowest BCUT2D eigenvalue weighted by Gasteiger charge is -2.26. The normalized spacial score (nSPS) is 26.1. The molecule has 2 aromatic heterocycles. The van der Waals surface area contributed by atoms with Crippen LogP contribution in [-0.2, 0) is 0 Å². The fourth-order valence-corrected chi connectivity index (χ4v) is 3.21. The van der Waals surface area contributed by atoms with E-state index in [4.69, 9.17) is 0 Å². The van der Waals surface area contributed by atoms with Crippen molar-refractivity contribution in [2.75, 3.05) is 6.54 Å². The first kappa shape index (κ1) is 10.2. The minimum Gasteiger partial charge on any atom is -0.307 e. The molecule has 1 N–H and O–H groups in total. The van der Waals surface area contributed by atoms with Crippen LogP contribution >= 0.6 is 11.8 Å². The Labute approximate surface area is 99.3 Å². The van der Waals surface area contributed by atoms with Crippen LogP contribution in [-0.4, -0.2) is 21.2 Å². The first-order valence-electron chi connectivity index (χ1n) is 5.65. The molecule has 1 saturated heterocycles. The fraction of sp³-hybridized carbons (Fsp3) is 0.417. The molecule has 16 heavy (non-hydrogen) atoms. The number of fused-ring (bicyclic) bond motifs is 1. The highest BCUT2D eigenvalue weighted by atomic mass is 32.2. The SMILES string of the molecule is CC1CCNC(c2cn3ccccc3n2)S1. The van der Waals surface area contributed by atoms with E-state index in [1.807, 2.05) is 36.2 Å². The topological polar surface area (TPSA) is 29.3 Å². The molecule has 1 aliphatic heterocycles. The maximum Gasteiger partial charge on any atom is 0.137 e. The van der Waals surface area contributed by atoms with Crippen LogP contribution in [0, 0.1) is 0 Å². The third-order valence-electron chi connectivity index (χ3n) is 2.90. The summed E-state index contributed by atoms with van der Waals surface area (Å²) in [5.41, 5.74) is 2.17. The van der Waals surface area contributed by atoms with Crippen LogP contribution in [0.15, 0.2) is 30.6 Å². The van der Waals surface area contributed by atoms with Gasteiger partial charge in [0.2, 0.25) is 0 Å². The van der Waals surface area contributed by atoms with E-state index in [1.54, 1.807) is 0 Å². The molecule has 2 atom stereocenters. The molecule has 0 aromatic carbocycles. The van der Waals surface area contributed by atoms with E-state index >= 15 is 0 Å². The van der Waals surface area contributed by atoms with E-state index in [1.165, 1.54) is 6.42 Å². The summed E-state index contributed by atoms with van der Waals surface area (Å²) in [5.74, 6) is 0. The molecule has 3 nitrogen and oxygen atoms in total. The third kappa shape index (κ3) is 1.83. The highest BCUT2D eigenvalue weighted by Gasteiger charge is 2.22. The summed E-state index contributed by atoms with van der Waals surface area (Å²) in [6.45, 7) is 3.38. The lowest BCUT2D eigenvalue weighted by molar-refractivity contribution is 0.599. The predicted molar refractivity (Wildman–Crippen MR) is 67.6 cm³/mol. The van der Waals surface area contributed by atoms with Gasteiger partial charge in [-0.2, -0.15) is 0 Å². The number of hydrogen-bond acceptors (Lipinski definition) is 3. The molecule has 2 unspecified atom stereocenters. The summed E-state index contributed by atoms with van der Waals surface area (Å²) < 4.78 is 2.08. The molecular formula is C12H15N3S. The zero-order valence-corrected chi connectivity index (χ0v) is 10.1. The van der Waals surface area contributed by atoms with Gasteiger partial charge in [0.15, 0.2) is 0 Å². The van der Waals surface area contributed by atoms with E-state index in [9.17, 15) is 0 Å². The van der Waals surface area contributed by atoms with Crippen molar-refractivity contribution < 1.29 is 0 Å². The zero-order valence-electron chi connectivity index (χ0n) is 9.26. The van der Waals surface area contributed by atoms with Gasteiger partial charge in [-0.15, -0.1) is 11.8 Å². The average Bonchev–Trinajstić information content (AvgIpc) is 2.72. The number of rotatable bonds is 1. The minimum atomic E-state index is 0.351. The second-order valence-corrected chi connectivity index (χ2v) is 5.75. The Bertz CT molecular complexity index is 461. The van der Waals surface area contributed by atoms with Gasteiger partial charge in [-0.25, -0.2) is 4.98 Å². The van der Waals surface area contributed by atoms with Crippen molar-refractivity contribution in [3.05, 3.63) is 36.3 Å². The Morgan fingerprint density at radius 1 is 1.50 bits per heavy atom. The number of nitrogens with one attached hydrogen (secondary N) is 1. The highest BCUT2D eigenvalue weighted by Crippen LogP contribution is 2.33. The molecule has 0 saturated carbocycles. The highest BCUT2D eigenvalue weighted by molar-refractivity contribution is 8.00. The van der Waals surface area contributed by atoms with Crippen molar-refractivity contribution in [2.45, 2.75) is 24.0 Å². The van der Waals surface area contributed by atoms with Crippen molar-refractivity contribution >= 4 is 17.4 Å². The lowest BCUT2D eigenvalue weighted by atomic mass is 10.3. The summed E-state index contributed by atoms with van der Waals surface area (Å²) >= 11 is 1.97. The molecule has 0 aliphatic carbocycles. The Hall–Kier alpha value is -1.000. The smallest absolute Gasteiger partial charge is 0.137 e. The van der Waals surface area contributed by atoms with Crippen molar-refractivity contribution in [1.82, 2.24) is 14.7 Å². The van der Waals surface area contributed by atoms with Gasteiger partial charge in [0.1, 0.15) is 5.65 Å². The van der Waals surface area contributed by atoms with E-state index in [2.05, 4.69) is 27.8 Å². The summed E-state index contributed by atoms with van der Waals surface area (Å²) in [4.78, 5) is 4.65. The lowest BCUT2D eigenvalue weighted by Crippen LogP contribution is -2.28. The van der Waals surface area contributed by atoms with Gasteiger partial charge in [0, 0.05) is 17.6 Å². The molecule has 3 rings (SSSR count). The number of hydrogen-bond donors (Lipinski definition) is 1. The van der Waals surface area contributed by atoms with Crippen LogP contribution in [0.25, 0.3) is 5.65 Å². The van der Waals surface area contributed by atoms with Crippen LogP contribution in [0.1, 0.15) is 24.4 Å². The first-order valence-corrected chi connectivity index (χ1v) is 6.60. The van der Waals surface area contributed by atoms with Crippen LogP contribution in [0.3, 0.4) is 0 Å². The molecule has 1 fully saturated rings. The first-order chi connectivity index (χ1) is 7.83. The molecule has 1 aliphatic rings. The van der Waals surface area contributed by atoms with Gasteiger partial charge in [0.25, 0.3) is 0 Å². The molecule has 0 radical (unpaired) electrons. The second kappa shape index (κ2) is 4.11. The van der Waals surface area contributed by atoms with E-state index in [-0.39, 0.29) is 0 Å². The minimum absolute atomic E-state index is 0.351. The molecule has 84 valence electrons. The van der Waals surface area contributed by atoms with Crippen molar-refractivity contribution in [1.29, 1.82) is 0 Å². The number of thioether (sulfide) groups is 1. The zero-order chi connectivity index (χ0) is 11.0. The molecule has 4 heteroatoms. The Kier molecular flexibility index (Phi) is 2.61. The average molecular weight is 233 g/mol. The van der Waals surface area contributed by atoms with Gasteiger partial charge < -0.3 is 9.72 Å². The standard InChI is InChI=1S/C12H15N3S/c1-9-5-6-13-12(16-9)10-8-15-7-3-2-4-11(15)14-10/h2-4,7-9,12-13H,5-6H2,1H3. The predicted octanol–water partition coefficient (Wildman–Crippen LogP) is 2.45. The van der Waals surface area contributed by atoms with Crippen molar-refractivity contribution in [3.63, 3.8) is 0 Å². The number of aromatic nitrogens is 2. The van der Waals surface area contributed by atoms with Crippen LogP contribution in [0.2, 0.25) is 0 Å². The molecule has 2 aromatic rings.